The normalized spacial score (nSPS) is 11.0. The van der Waals surface area contributed by atoms with Gasteiger partial charge in [0.25, 0.3) is 11.4 Å². The topological polar surface area (TPSA) is 144 Å². The summed E-state index contributed by atoms with van der Waals surface area (Å²) in [6.07, 6.45) is 5.67. The van der Waals surface area contributed by atoms with Gasteiger partial charge < -0.3 is 10.6 Å². The van der Waals surface area contributed by atoms with Crippen molar-refractivity contribution in [2.75, 3.05) is 10.6 Å². The molecule has 0 radical (unpaired) electrons. The number of hydrogen-bond donors (Lipinski definition) is 2. The van der Waals surface area contributed by atoms with Crippen molar-refractivity contribution in [3.63, 3.8) is 0 Å². The Labute approximate surface area is 241 Å². The molecule has 4 aromatic rings. The van der Waals surface area contributed by atoms with Crippen LogP contribution in [0.1, 0.15) is 22.3 Å². The minimum absolute atomic E-state index is 0.0513. The lowest BCUT2D eigenvalue weighted by atomic mass is 10.00. The molecular formula is C32H26N4O6. The Balaban J connectivity index is 1.39. The number of carbonyl (C=O) groups is 2. The molecule has 2 amide bonds. The molecule has 4 rings (SSSR count). The molecule has 42 heavy (non-hydrogen) atoms. The molecular weight excluding hydrogens is 536 g/mol. The van der Waals surface area contributed by atoms with Gasteiger partial charge in [-0.05, 0) is 83.6 Å². The van der Waals surface area contributed by atoms with E-state index in [4.69, 9.17) is 0 Å². The second kappa shape index (κ2) is 13.0. The van der Waals surface area contributed by atoms with Crippen LogP contribution in [0.2, 0.25) is 0 Å². The Morgan fingerprint density at radius 1 is 0.619 bits per heavy atom. The lowest BCUT2D eigenvalue weighted by Gasteiger charge is -2.12. The molecule has 2 N–H and O–H groups in total. The second-order valence-corrected chi connectivity index (χ2v) is 9.41. The van der Waals surface area contributed by atoms with Crippen molar-refractivity contribution in [2.45, 2.75) is 13.8 Å². The van der Waals surface area contributed by atoms with Gasteiger partial charge in [-0.3, -0.25) is 29.8 Å². The van der Waals surface area contributed by atoms with Gasteiger partial charge >= 0.3 is 0 Å². The van der Waals surface area contributed by atoms with Crippen molar-refractivity contribution in [1.82, 2.24) is 0 Å². The van der Waals surface area contributed by atoms with E-state index in [1.54, 1.807) is 36.4 Å². The highest BCUT2D eigenvalue weighted by Crippen LogP contribution is 2.28. The van der Waals surface area contributed by atoms with E-state index in [0.29, 0.717) is 22.5 Å². The van der Waals surface area contributed by atoms with Gasteiger partial charge in [0.15, 0.2) is 0 Å². The first-order valence-corrected chi connectivity index (χ1v) is 12.8. The lowest BCUT2D eigenvalue weighted by Crippen LogP contribution is -2.09. The van der Waals surface area contributed by atoms with Crippen LogP contribution in [0.25, 0.3) is 23.3 Å². The van der Waals surface area contributed by atoms with E-state index in [1.807, 2.05) is 38.1 Å². The number of non-ortho nitro benzene ring substituents is 2. The van der Waals surface area contributed by atoms with Crippen molar-refractivity contribution in [2.24, 2.45) is 0 Å². The number of nitrogens with zero attached hydrogens (tertiary/aromatic N) is 2. The van der Waals surface area contributed by atoms with Crippen molar-refractivity contribution in [3.8, 4) is 11.1 Å². The molecule has 0 bridgehead atoms. The van der Waals surface area contributed by atoms with E-state index in [9.17, 15) is 29.8 Å². The zero-order valence-corrected chi connectivity index (χ0v) is 22.7. The number of nitro groups is 2. The predicted octanol–water partition coefficient (Wildman–Crippen LogP) is 7.09. The molecule has 0 spiro atoms. The molecule has 0 unspecified atom stereocenters. The Morgan fingerprint density at radius 3 is 1.38 bits per heavy atom. The van der Waals surface area contributed by atoms with E-state index in [0.717, 1.165) is 22.3 Å². The molecule has 0 heterocycles. The van der Waals surface area contributed by atoms with Gasteiger partial charge in [0.2, 0.25) is 11.8 Å². The highest BCUT2D eigenvalue weighted by Gasteiger charge is 2.09. The Bertz CT molecular complexity index is 1630. The van der Waals surface area contributed by atoms with Crippen LogP contribution in [0.4, 0.5) is 22.7 Å². The second-order valence-electron chi connectivity index (χ2n) is 9.41. The van der Waals surface area contributed by atoms with E-state index < -0.39 is 9.85 Å². The van der Waals surface area contributed by atoms with Crippen LogP contribution < -0.4 is 10.6 Å². The molecule has 0 saturated heterocycles. The maximum atomic E-state index is 12.5. The number of amides is 2. The van der Waals surface area contributed by atoms with Crippen molar-refractivity contribution in [1.29, 1.82) is 0 Å². The average Bonchev–Trinajstić information content (AvgIpc) is 2.97. The van der Waals surface area contributed by atoms with Crippen LogP contribution >= 0.6 is 0 Å². The molecule has 0 saturated carbocycles. The Hall–Kier alpha value is -5.90. The highest BCUT2D eigenvalue weighted by atomic mass is 16.6. The molecule has 0 aliphatic carbocycles. The summed E-state index contributed by atoms with van der Waals surface area (Å²) in [6.45, 7) is 3.75. The van der Waals surface area contributed by atoms with Crippen LogP contribution in [0, 0.1) is 34.1 Å². The van der Waals surface area contributed by atoms with Crippen LogP contribution in [0.3, 0.4) is 0 Å². The van der Waals surface area contributed by atoms with E-state index in [2.05, 4.69) is 10.6 Å². The average molecular weight is 563 g/mol. The number of nitro benzene ring substituents is 2. The monoisotopic (exact) mass is 562 g/mol. The lowest BCUT2D eigenvalue weighted by molar-refractivity contribution is -0.385. The van der Waals surface area contributed by atoms with E-state index >= 15 is 0 Å². The molecule has 10 nitrogen and oxygen atoms in total. The van der Waals surface area contributed by atoms with Crippen molar-refractivity contribution in [3.05, 3.63) is 140 Å². The fraction of sp³-hybridized carbons (Fsp3) is 0.0625. The summed E-state index contributed by atoms with van der Waals surface area (Å²) in [6, 6.07) is 23.2. The number of rotatable bonds is 9. The highest BCUT2D eigenvalue weighted by molar-refractivity contribution is 6.03. The minimum Gasteiger partial charge on any atom is -0.322 e. The van der Waals surface area contributed by atoms with Crippen LogP contribution in [0.5, 0.6) is 0 Å². The standard InChI is InChI=1S/C32H26N4O6/c1-21-17-25(11-13-29(21)33-31(37)15-9-23-5-3-7-27(19-23)35(39)40)26-12-14-30(22(2)18-26)34-32(38)16-10-24-6-4-8-28(20-24)36(41)42/h3-20H,1-2H3,(H,33,37)(H,34,38)/b15-9+,16-10+. The number of carbonyl (C=O) groups excluding carboxylic acids is 2. The first-order valence-electron chi connectivity index (χ1n) is 12.8. The number of benzene rings is 4. The van der Waals surface area contributed by atoms with Crippen LogP contribution in [-0.4, -0.2) is 21.7 Å². The van der Waals surface area contributed by atoms with Gasteiger partial charge in [-0.1, -0.05) is 36.4 Å². The van der Waals surface area contributed by atoms with Gasteiger partial charge in [0.05, 0.1) is 9.85 Å². The van der Waals surface area contributed by atoms with E-state index in [1.165, 1.54) is 48.6 Å². The predicted molar refractivity (Wildman–Crippen MR) is 163 cm³/mol. The Kier molecular flexibility index (Phi) is 8.98. The minimum atomic E-state index is -0.490. The third-order valence-corrected chi connectivity index (χ3v) is 6.32. The number of aryl methyl sites for hydroxylation is 2. The molecule has 0 atom stereocenters. The maximum Gasteiger partial charge on any atom is 0.270 e. The quantitative estimate of drug-likeness (QED) is 0.127. The van der Waals surface area contributed by atoms with Crippen molar-refractivity contribution < 1.29 is 19.4 Å². The van der Waals surface area contributed by atoms with Gasteiger partial charge in [-0.25, -0.2) is 0 Å². The summed E-state index contributed by atoms with van der Waals surface area (Å²) in [5, 5.41) is 27.5. The first-order chi connectivity index (χ1) is 20.1. The number of anilines is 2. The summed E-state index contributed by atoms with van der Waals surface area (Å²) in [7, 11) is 0. The molecule has 0 aliphatic heterocycles. The fourth-order valence-corrected chi connectivity index (χ4v) is 4.14. The van der Waals surface area contributed by atoms with E-state index in [-0.39, 0.29) is 23.2 Å². The summed E-state index contributed by atoms with van der Waals surface area (Å²) >= 11 is 0. The third-order valence-electron chi connectivity index (χ3n) is 6.32. The zero-order chi connectivity index (χ0) is 30.2. The number of nitrogens with one attached hydrogen (secondary N) is 2. The Morgan fingerprint density at radius 2 is 1.02 bits per heavy atom. The summed E-state index contributed by atoms with van der Waals surface area (Å²) in [5.74, 6) is -0.735. The SMILES string of the molecule is Cc1cc(-c2ccc(NC(=O)/C=C/c3cccc([N+](=O)[O-])c3)c(C)c2)ccc1NC(=O)/C=C/c1cccc([N+](=O)[O-])c1. The summed E-state index contributed by atoms with van der Waals surface area (Å²) in [5.41, 5.74) is 5.76. The molecule has 10 heteroatoms. The number of hydrogen-bond acceptors (Lipinski definition) is 6. The van der Waals surface area contributed by atoms with Gasteiger partial charge in [-0.2, -0.15) is 0 Å². The molecule has 0 aliphatic rings. The first kappa shape index (κ1) is 29.1. The molecule has 210 valence electrons. The third kappa shape index (κ3) is 7.60. The summed E-state index contributed by atoms with van der Waals surface area (Å²) < 4.78 is 0. The van der Waals surface area contributed by atoms with Crippen LogP contribution in [0.15, 0.2) is 97.1 Å². The molecule has 0 fully saturated rings. The fourth-order valence-electron chi connectivity index (χ4n) is 4.14. The molecule has 0 aromatic heterocycles. The van der Waals surface area contributed by atoms with Gasteiger partial charge in [0, 0.05) is 47.8 Å². The maximum absolute atomic E-state index is 12.5. The summed E-state index contributed by atoms with van der Waals surface area (Å²) in [4.78, 5) is 45.8. The van der Waals surface area contributed by atoms with Crippen LogP contribution in [-0.2, 0) is 9.59 Å². The molecule has 4 aromatic carbocycles. The van der Waals surface area contributed by atoms with Gasteiger partial charge in [-0.15, -0.1) is 0 Å². The van der Waals surface area contributed by atoms with Gasteiger partial charge in [0.1, 0.15) is 0 Å². The zero-order valence-electron chi connectivity index (χ0n) is 22.7. The van der Waals surface area contributed by atoms with Crippen molar-refractivity contribution >= 4 is 46.7 Å². The largest absolute Gasteiger partial charge is 0.322 e. The smallest absolute Gasteiger partial charge is 0.270 e.